The van der Waals surface area contributed by atoms with E-state index >= 15 is 0 Å². The second-order valence-corrected chi connectivity index (χ2v) is 12.1. The Balaban J connectivity index is 1.53. The third-order valence-electron chi connectivity index (χ3n) is 6.50. The van der Waals surface area contributed by atoms with E-state index in [9.17, 15) is 13.2 Å². The molecule has 2 atom stereocenters. The second-order valence-electron chi connectivity index (χ2n) is 9.24. The summed E-state index contributed by atoms with van der Waals surface area (Å²) in [6.07, 6.45) is 4.73. The first-order valence-electron chi connectivity index (χ1n) is 11.4. The van der Waals surface area contributed by atoms with Crippen LogP contribution < -0.4 is 10.3 Å². The molecule has 9 heteroatoms. The van der Waals surface area contributed by atoms with Crippen LogP contribution in [0.3, 0.4) is 0 Å². The van der Waals surface area contributed by atoms with Gasteiger partial charge >= 0.3 is 0 Å². The van der Waals surface area contributed by atoms with Crippen molar-refractivity contribution in [1.82, 2.24) is 19.3 Å². The lowest BCUT2D eigenvalue weighted by Crippen LogP contribution is -2.46. The van der Waals surface area contributed by atoms with Crippen molar-refractivity contribution in [1.29, 1.82) is 0 Å². The fraction of sp³-hybridized carbons (Fsp3) is 0.458. The minimum absolute atomic E-state index is 0.0246. The van der Waals surface area contributed by atoms with Crippen LogP contribution in [0.15, 0.2) is 46.8 Å². The first kappa shape index (κ1) is 22.4. The van der Waals surface area contributed by atoms with E-state index in [0.29, 0.717) is 37.7 Å². The number of sulfonamides is 1. The second kappa shape index (κ2) is 8.77. The van der Waals surface area contributed by atoms with Crippen molar-refractivity contribution in [2.75, 3.05) is 0 Å². The van der Waals surface area contributed by atoms with Gasteiger partial charge in [-0.15, -0.1) is 11.3 Å². The molecule has 1 aromatic carbocycles. The standard InChI is InChI=1S/C24H28N4O3S2/c1-15(2)28-14-25-21-11-10-20(27-33(30,31)18-8-9-18)19(22(21)24(28)29)12-17-13-32-23(26-17)16-6-4-3-5-7-16/h3-7,13-15,18-20,27H,8-12H2,1-2H3. The number of nitrogens with one attached hydrogen (secondary N) is 1. The van der Waals surface area contributed by atoms with Crippen molar-refractivity contribution in [3.8, 4) is 10.6 Å². The summed E-state index contributed by atoms with van der Waals surface area (Å²) < 4.78 is 30.2. The molecule has 2 aliphatic carbocycles. The van der Waals surface area contributed by atoms with Crippen molar-refractivity contribution >= 4 is 21.4 Å². The number of benzene rings is 1. The maximum atomic E-state index is 13.5. The van der Waals surface area contributed by atoms with Crippen LogP contribution in [0.2, 0.25) is 0 Å². The fourth-order valence-corrected chi connectivity index (χ4v) is 7.05. The zero-order chi connectivity index (χ0) is 23.2. The van der Waals surface area contributed by atoms with Crippen LogP contribution in [-0.2, 0) is 22.9 Å². The molecule has 0 saturated heterocycles. The molecule has 0 radical (unpaired) electrons. The average molecular weight is 485 g/mol. The highest BCUT2D eigenvalue weighted by atomic mass is 32.2. The molecule has 7 nitrogen and oxygen atoms in total. The van der Waals surface area contributed by atoms with Gasteiger partial charge in [0.15, 0.2) is 0 Å². The van der Waals surface area contributed by atoms with Gasteiger partial charge in [-0.3, -0.25) is 9.36 Å². The van der Waals surface area contributed by atoms with E-state index in [0.717, 1.165) is 22.0 Å². The summed E-state index contributed by atoms with van der Waals surface area (Å²) in [6, 6.07) is 9.62. The Kier molecular flexibility index (Phi) is 5.96. The van der Waals surface area contributed by atoms with Gasteiger partial charge < -0.3 is 0 Å². The van der Waals surface area contributed by atoms with Crippen LogP contribution in [0, 0.1) is 0 Å². The lowest BCUT2D eigenvalue weighted by molar-refractivity contribution is 0.410. The van der Waals surface area contributed by atoms with Gasteiger partial charge in [0.1, 0.15) is 5.01 Å². The van der Waals surface area contributed by atoms with Gasteiger partial charge in [0.2, 0.25) is 10.0 Å². The summed E-state index contributed by atoms with van der Waals surface area (Å²) in [5.41, 5.74) is 3.26. The van der Waals surface area contributed by atoms with E-state index in [1.54, 1.807) is 22.2 Å². The van der Waals surface area contributed by atoms with E-state index in [1.165, 1.54) is 0 Å². The number of fused-ring (bicyclic) bond motifs is 1. The van der Waals surface area contributed by atoms with Crippen LogP contribution >= 0.6 is 11.3 Å². The van der Waals surface area contributed by atoms with Crippen LogP contribution in [0.4, 0.5) is 0 Å². The normalized spacial score (nSPS) is 20.7. The fourth-order valence-electron chi connectivity index (χ4n) is 4.56. The van der Waals surface area contributed by atoms with Crippen molar-refractivity contribution in [3.05, 3.63) is 69.3 Å². The van der Waals surface area contributed by atoms with Gasteiger partial charge in [-0.05, 0) is 46.0 Å². The van der Waals surface area contributed by atoms with Gasteiger partial charge in [-0.1, -0.05) is 30.3 Å². The number of rotatable bonds is 7. The molecule has 1 fully saturated rings. The molecular formula is C24H28N4O3S2. The van der Waals surface area contributed by atoms with E-state index in [2.05, 4.69) is 9.71 Å². The summed E-state index contributed by atoms with van der Waals surface area (Å²) in [5.74, 6) is -0.306. The van der Waals surface area contributed by atoms with E-state index in [4.69, 9.17) is 4.98 Å². The lowest BCUT2D eigenvalue weighted by Gasteiger charge is -2.33. The van der Waals surface area contributed by atoms with E-state index in [1.807, 2.05) is 49.6 Å². The molecule has 174 valence electrons. The largest absolute Gasteiger partial charge is 0.296 e. The molecule has 2 aromatic heterocycles. The minimum atomic E-state index is -3.39. The molecule has 0 spiro atoms. The topological polar surface area (TPSA) is 93.9 Å². The van der Waals surface area contributed by atoms with Crippen LogP contribution in [0.1, 0.15) is 62.0 Å². The molecule has 3 aromatic rings. The summed E-state index contributed by atoms with van der Waals surface area (Å²) >= 11 is 1.57. The number of aryl methyl sites for hydroxylation is 1. The minimum Gasteiger partial charge on any atom is -0.296 e. The van der Waals surface area contributed by atoms with Gasteiger partial charge in [0.05, 0.1) is 23.0 Å². The molecule has 2 unspecified atom stereocenters. The van der Waals surface area contributed by atoms with Crippen molar-refractivity contribution in [2.45, 2.75) is 69.2 Å². The Hall–Kier alpha value is -2.36. The van der Waals surface area contributed by atoms with E-state index in [-0.39, 0.29) is 28.8 Å². The summed E-state index contributed by atoms with van der Waals surface area (Å²) in [7, 11) is -3.39. The highest BCUT2D eigenvalue weighted by Crippen LogP contribution is 2.35. The summed E-state index contributed by atoms with van der Waals surface area (Å²) in [4.78, 5) is 22.9. The number of aromatic nitrogens is 3. The smallest absolute Gasteiger partial charge is 0.257 e. The predicted octanol–water partition coefficient (Wildman–Crippen LogP) is 3.67. The molecule has 0 amide bonds. The molecule has 1 N–H and O–H groups in total. The summed E-state index contributed by atoms with van der Waals surface area (Å²) in [6.45, 7) is 3.90. The third-order valence-corrected chi connectivity index (χ3v) is 9.42. The quantitative estimate of drug-likeness (QED) is 0.552. The van der Waals surface area contributed by atoms with Crippen molar-refractivity contribution in [3.63, 3.8) is 0 Å². The number of thiazole rings is 1. The third kappa shape index (κ3) is 4.54. The molecule has 0 aliphatic heterocycles. The Labute approximate surface area is 198 Å². The van der Waals surface area contributed by atoms with Gasteiger partial charge in [-0.2, -0.15) is 0 Å². The van der Waals surface area contributed by atoms with Crippen molar-refractivity contribution in [2.24, 2.45) is 0 Å². The van der Waals surface area contributed by atoms with E-state index < -0.39 is 10.0 Å². The van der Waals surface area contributed by atoms with Crippen LogP contribution in [-0.4, -0.2) is 34.2 Å². The molecule has 5 rings (SSSR count). The molecule has 1 saturated carbocycles. The van der Waals surface area contributed by atoms with Crippen LogP contribution in [0.25, 0.3) is 10.6 Å². The maximum Gasteiger partial charge on any atom is 0.257 e. The van der Waals surface area contributed by atoms with Crippen molar-refractivity contribution < 1.29 is 8.42 Å². The predicted molar refractivity (Wildman–Crippen MR) is 130 cm³/mol. The Morgan fingerprint density at radius 1 is 1.18 bits per heavy atom. The highest BCUT2D eigenvalue weighted by molar-refractivity contribution is 7.90. The maximum absolute atomic E-state index is 13.5. The molecule has 2 aliphatic rings. The SMILES string of the molecule is CC(C)n1cnc2c(c1=O)C(Cc1csc(-c3ccccc3)n1)C(NS(=O)(=O)C1CC1)CC2. The first-order valence-corrected chi connectivity index (χ1v) is 13.9. The average Bonchev–Trinajstić information content (AvgIpc) is 3.56. The Morgan fingerprint density at radius 2 is 1.94 bits per heavy atom. The molecule has 2 heterocycles. The number of hydrogen-bond acceptors (Lipinski definition) is 6. The lowest BCUT2D eigenvalue weighted by atomic mass is 9.80. The van der Waals surface area contributed by atoms with Crippen LogP contribution in [0.5, 0.6) is 0 Å². The van der Waals surface area contributed by atoms with Gasteiger partial charge in [0.25, 0.3) is 5.56 Å². The molecule has 0 bridgehead atoms. The van der Waals surface area contributed by atoms with Gasteiger partial charge in [0, 0.05) is 34.5 Å². The molecular weight excluding hydrogens is 456 g/mol. The first-order chi connectivity index (χ1) is 15.8. The Bertz CT molecular complexity index is 1310. The zero-order valence-corrected chi connectivity index (χ0v) is 20.4. The summed E-state index contributed by atoms with van der Waals surface area (Å²) in [5, 5.41) is 2.63. The monoisotopic (exact) mass is 484 g/mol. The molecule has 33 heavy (non-hydrogen) atoms. The number of hydrogen-bond donors (Lipinski definition) is 1. The Morgan fingerprint density at radius 3 is 2.64 bits per heavy atom. The van der Waals surface area contributed by atoms with Gasteiger partial charge in [-0.25, -0.2) is 23.1 Å². The zero-order valence-electron chi connectivity index (χ0n) is 18.8. The number of nitrogens with zero attached hydrogens (tertiary/aromatic N) is 3. The highest BCUT2D eigenvalue weighted by Gasteiger charge is 2.41.